The average molecular weight is 555 g/mol. The van der Waals surface area contributed by atoms with Crippen molar-refractivity contribution < 1.29 is 9.59 Å². The molecular weight excluding hydrogens is 528 g/mol. The van der Waals surface area contributed by atoms with Crippen LogP contribution < -0.4 is 4.90 Å². The van der Waals surface area contributed by atoms with Crippen molar-refractivity contribution in [1.82, 2.24) is 4.57 Å². The Morgan fingerprint density at radius 2 is 1.16 bits per heavy atom. The number of carbonyl (C=O) groups excluding carboxylic acids is 2. The fourth-order valence-corrected chi connectivity index (χ4v) is 6.38. The molecule has 204 valence electrons. The first-order valence-corrected chi connectivity index (χ1v) is 14.4. The molecule has 2 heterocycles. The molecule has 0 N–H and O–H groups in total. The SMILES string of the molecule is Cc1cccc(-c2ccc3c(c2)c2ccccc2n3-c2cccc3c2C(=O)N(c2cccc(-c4ccccc4)c2)C3=O)c1. The van der Waals surface area contributed by atoms with Gasteiger partial charge in [0.1, 0.15) is 0 Å². The van der Waals surface area contributed by atoms with Gasteiger partial charge in [0.2, 0.25) is 0 Å². The number of hydrogen-bond acceptors (Lipinski definition) is 2. The van der Waals surface area contributed by atoms with Gasteiger partial charge in [-0.2, -0.15) is 0 Å². The minimum atomic E-state index is -0.317. The second-order valence-corrected chi connectivity index (χ2v) is 11.0. The lowest BCUT2D eigenvalue weighted by Gasteiger charge is -2.16. The highest BCUT2D eigenvalue weighted by Gasteiger charge is 2.39. The highest BCUT2D eigenvalue weighted by Crippen LogP contribution is 2.39. The molecule has 6 aromatic carbocycles. The molecule has 4 nitrogen and oxygen atoms in total. The van der Waals surface area contributed by atoms with Gasteiger partial charge in [-0.1, -0.05) is 103 Å². The van der Waals surface area contributed by atoms with Crippen LogP contribution in [0.4, 0.5) is 5.69 Å². The zero-order valence-corrected chi connectivity index (χ0v) is 23.5. The van der Waals surface area contributed by atoms with Crippen LogP contribution in [-0.2, 0) is 0 Å². The lowest BCUT2D eigenvalue weighted by atomic mass is 10.0. The van der Waals surface area contributed by atoms with E-state index in [1.54, 1.807) is 6.07 Å². The average Bonchev–Trinajstić information content (AvgIpc) is 3.52. The number of amides is 2. The molecule has 0 saturated heterocycles. The molecule has 0 radical (unpaired) electrons. The van der Waals surface area contributed by atoms with E-state index < -0.39 is 0 Å². The van der Waals surface area contributed by atoms with Gasteiger partial charge in [-0.25, -0.2) is 4.90 Å². The summed E-state index contributed by atoms with van der Waals surface area (Å²) in [5.74, 6) is -0.627. The first-order chi connectivity index (χ1) is 21.1. The molecule has 1 aliphatic heterocycles. The quantitative estimate of drug-likeness (QED) is 0.204. The van der Waals surface area contributed by atoms with E-state index in [2.05, 4.69) is 66.1 Å². The predicted molar refractivity (Wildman–Crippen MR) is 174 cm³/mol. The van der Waals surface area contributed by atoms with Crippen LogP contribution in [0, 0.1) is 6.92 Å². The Balaban J connectivity index is 1.29. The van der Waals surface area contributed by atoms with Crippen LogP contribution in [-0.4, -0.2) is 16.4 Å². The van der Waals surface area contributed by atoms with Crippen LogP contribution >= 0.6 is 0 Å². The van der Waals surface area contributed by atoms with Crippen LogP contribution in [0.15, 0.2) is 140 Å². The second kappa shape index (κ2) is 9.68. The Morgan fingerprint density at radius 3 is 2.00 bits per heavy atom. The summed E-state index contributed by atoms with van der Waals surface area (Å²) in [7, 11) is 0. The van der Waals surface area contributed by atoms with Crippen molar-refractivity contribution in [2.75, 3.05) is 4.90 Å². The number of aryl methyl sites for hydroxylation is 1. The Labute approximate surface area is 249 Å². The molecule has 0 aliphatic carbocycles. The molecule has 0 spiro atoms. The third kappa shape index (κ3) is 3.92. The summed E-state index contributed by atoms with van der Waals surface area (Å²) in [5, 5.41) is 2.19. The fourth-order valence-electron chi connectivity index (χ4n) is 6.38. The maximum atomic E-state index is 14.2. The summed E-state index contributed by atoms with van der Waals surface area (Å²) >= 11 is 0. The van der Waals surface area contributed by atoms with E-state index in [1.807, 2.05) is 78.9 Å². The van der Waals surface area contributed by atoms with E-state index in [9.17, 15) is 9.59 Å². The number of imide groups is 1. The molecule has 1 aliphatic rings. The second-order valence-electron chi connectivity index (χ2n) is 11.0. The van der Waals surface area contributed by atoms with Gasteiger partial charge in [0.05, 0.1) is 33.5 Å². The number of rotatable bonds is 4. The van der Waals surface area contributed by atoms with Crippen LogP contribution in [0.25, 0.3) is 49.7 Å². The zero-order chi connectivity index (χ0) is 29.1. The number of para-hydroxylation sites is 1. The lowest BCUT2D eigenvalue weighted by Crippen LogP contribution is -2.29. The summed E-state index contributed by atoms with van der Waals surface area (Å²) in [6.07, 6.45) is 0. The summed E-state index contributed by atoms with van der Waals surface area (Å²) in [4.78, 5) is 29.3. The number of carbonyl (C=O) groups is 2. The smallest absolute Gasteiger partial charge is 0.268 e. The molecule has 1 aromatic heterocycles. The molecule has 4 heteroatoms. The highest BCUT2D eigenvalue weighted by molar-refractivity contribution is 6.36. The van der Waals surface area contributed by atoms with Gasteiger partial charge in [0.25, 0.3) is 11.8 Å². The predicted octanol–water partition coefficient (Wildman–Crippen LogP) is 9.23. The molecule has 43 heavy (non-hydrogen) atoms. The fraction of sp³-hybridized carbons (Fsp3) is 0.0256. The van der Waals surface area contributed by atoms with E-state index in [0.29, 0.717) is 22.5 Å². The standard InChI is InChI=1S/C39H26N2O2/c1-25-10-7-13-27(22-25)29-20-21-35-33(24-29)31-16-5-6-18-34(31)41(35)36-19-9-17-32-37(36)39(43)40(38(32)42)30-15-8-14-28(23-30)26-11-3-2-4-12-26/h2-24H,1H3. The number of anilines is 1. The number of fused-ring (bicyclic) bond motifs is 4. The third-order valence-electron chi connectivity index (χ3n) is 8.37. The molecule has 7 aromatic rings. The minimum Gasteiger partial charge on any atom is -0.308 e. The topological polar surface area (TPSA) is 42.3 Å². The van der Waals surface area contributed by atoms with Crippen molar-refractivity contribution >= 4 is 39.3 Å². The van der Waals surface area contributed by atoms with E-state index in [1.165, 1.54) is 10.5 Å². The van der Waals surface area contributed by atoms with Crippen molar-refractivity contribution in [2.24, 2.45) is 0 Å². The van der Waals surface area contributed by atoms with Gasteiger partial charge >= 0.3 is 0 Å². The van der Waals surface area contributed by atoms with E-state index in [4.69, 9.17) is 0 Å². The minimum absolute atomic E-state index is 0.311. The molecule has 0 fully saturated rings. The first kappa shape index (κ1) is 25.0. The molecular formula is C39H26N2O2. The van der Waals surface area contributed by atoms with Crippen molar-refractivity contribution in [3.05, 3.63) is 156 Å². The van der Waals surface area contributed by atoms with Gasteiger partial charge < -0.3 is 4.57 Å². The van der Waals surface area contributed by atoms with Crippen molar-refractivity contribution in [3.8, 4) is 27.9 Å². The summed E-state index contributed by atoms with van der Waals surface area (Å²) in [6, 6.07) is 46.3. The number of nitrogens with zero attached hydrogens (tertiary/aromatic N) is 2. The largest absolute Gasteiger partial charge is 0.308 e. The van der Waals surface area contributed by atoms with Gasteiger partial charge in [0, 0.05) is 10.8 Å². The molecule has 8 rings (SSSR count). The van der Waals surface area contributed by atoms with Crippen LogP contribution in [0.2, 0.25) is 0 Å². The monoisotopic (exact) mass is 554 g/mol. The number of aromatic nitrogens is 1. The Kier molecular flexibility index (Phi) is 5.63. The van der Waals surface area contributed by atoms with Crippen LogP contribution in [0.3, 0.4) is 0 Å². The molecule has 0 saturated carbocycles. The Bertz CT molecular complexity index is 2240. The van der Waals surface area contributed by atoms with Crippen LogP contribution in [0.5, 0.6) is 0 Å². The summed E-state index contributed by atoms with van der Waals surface area (Å²) < 4.78 is 2.12. The van der Waals surface area contributed by atoms with Crippen molar-refractivity contribution in [3.63, 3.8) is 0 Å². The Morgan fingerprint density at radius 1 is 0.488 bits per heavy atom. The van der Waals surface area contributed by atoms with E-state index in [-0.39, 0.29) is 11.8 Å². The normalized spacial score (nSPS) is 12.8. The number of benzene rings is 6. The first-order valence-electron chi connectivity index (χ1n) is 14.4. The number of hydrogen-bond donors (Lipinski definition) is 0. The summed E-state index contributed by atoms with van der Waals surface area (Å²) in [6.45, 7) is 2.10. The van der Waals surface area contributed by atoms with E-state index in [0.717, 1.165) is 44.1 Å². The van der Waals surface area contributed by atoms with Gasteiger partial charge in [-0.05, 0) is 71.6 Å². The van der Waals surface area contributed by atoms with Crippen LogP contribution in [0.1, 0.15) is 26.3 Å². The molecule has 0 bridgehead atoms. The van der Waals surface area contributed by atoms with Gasteiger partial charge in [-0.15, -0.1) is 0 Å². The maximum Gasteiger partial charge on any atom is 0.268 e. The van der Waals surface area contributed by atoms with E-state index >= 15 is 0 Å². The zero-order valence-electron chi connectivity index (χ0n) is 23.5. The van der Waals surface area contributed by atoms with Crippen molar-refractivity contribution in [2.45, 2.75) is 6.92 Å². The Hall–Kier alpha value is -5.74. The van der Waals surface area contributed by atoms with Gasteiger partial charge in [0.15, 0.2) is 0 Å². The molecule has 2 amide bonds. The molecule has 0 unspecified atom stereocenters. The lowest BCUT2D eigenvalue weighted by molar-refractivity contribution is 0.0926. The third-order valence-corrected chi connectivity index (χ3v) is 8.37. The van der Waals surface area contributed by atoms with Gasteiger partial charge in [-0.3, -0.25) is 9.59 Å². The van der Waals surface area contributed by atoms with Crippen molar-refractivity contribution in [1.29, 1.82) is 0 Å². The molecule has 0 atom stereocenters. The maximum absolute atomic E-state index is 14.2. The highest BCUT2D eigenvalue weighted by atomic mass is 16.2. The summed E-state index contributed by atoms with van der Waals surface area (Å²) in [5.41, 5.74) is 9.53.